The maximum Gasteiger partial charge on any atom is 0.263 e. The molecule has 1 fully saturated rings. The Morgan fingerprint density at radius 2 is 1.79 bits per heavy atom. The van der Waals surface area contributed by atoms with E-state index in [-0.39, 0.29) is 29.6 Å². The molecule has 1 N–H and O–H groups in total. The Hall–Kier alpha value is -2.95. The summed E-state index contributed by atoms with van der Waals surface area (Å²) in [6.07, 6.45) is 1.16. The van der Waals surface area contributed by atoms with Gasteiger partial charge >= 0.3 is 0 Å². The minimum absolute atomic E-state index is 0. The van der Waals surface area contributed by atoms with Crippen LogP contribution < -0.4 is 14.5 Å². The number of amides is 1. The predicted octanol–water partition coefficient (Wildman–Crippen LogP) is 4.38. The van der Waals surface area contributed by atoms with E-state index in [0.717, 1.165) is 11.3 Å². The molecule has 2 aromatic carbocycles. The fraction of sp³-hybridized carbons (Fsp3) is 0.227. The van der Waals surface area contributed by atoms with Gasteiger partial charge in [0.05, 0.1) is 9.92 Å². The van der Waals surface area contributed by atoms with Crippen LogP contribution in [0.3, 0.4) is 0 Å². The lowest BCUT2D eigenvalue weighted by atomic mass is 10.1. The second-order valence-corrected chi connectivity index (χ2v) is 10.4. The molecular weight excluding hydrogens is 504 g/mol. The maximum atomic E-state index is 13.8. The number of hydrogen-bond donors (Lipinski definition) is 1. The summed E-state index contributed by atoms with van der Waals surface area (Å²) in [5.74, 6) is -0.523. The lowest BCUT2D eigenvalue weighted by molar-refractivity contribution is -0.118. The number of nitrogens with zero attached hydrogens (tertiary/aromatic N) is 4. The average Bonchev–Trinajstić information content (AvgIpc) is 3.41. The quantitative estimate of drug-likeness (QED) is 0.530. The Balaban J connectivity index is 0.00000180. The highest BCUT2D eigenvalue weighted by Gasteiger charge is 2.39. The van der Waals surface area contributed by atoms with Gasteiger partial charge in [0.25, 0.3) is 10.0 Å². The summed E-state index contributed by atoms with van der Waals surface area (Å²) in [5.41, 5.74) is 2.10. The number of benzene rings is 2. The van der Waals surface area contributed by atoms with Gasteiger partial charge in [-0.1, -0.05) is 23.2 Å². The van der Waals surface area contributed by atoms with E-state index in [9.17, 15) is 17.6 Å². The third-order valence-electron chi connectivity index (χ3n) is 5.97. The van der Waals surface area contributed by atoms with Crippen LogP contribution in [0.15, 0.2) is 53.4 Å². The van der Waals surface area contributed by atoms with E-state index >= 15 is 0 Å². The molecule has 2 aliphatic heterocycles. The molecule has 3 heterocycles. The van der Waals surface area contributed by atoms with Crippen molar-refractivity contribution < 1.29 is 20.5 Å². The van der Waals surface area contributed by atoms with E-state index in [4.69, 9.17) is 23.2 Å². The molecule has 0 bridgehead atoms. The van der Waals surface area contributed by atoms with Crippen molar-refractivity contribution in [3.8, 4) is 0 Å². The van der Waals surface area contributed by atoms with E-state index in [0.29, 0.717) is 31.6 Å². The molecule has 2 aliphatic rings. The molecule has 0 radical (unpaired) electrons. The number of hydrogen-bond acceptors (Lipinski definition) is 6. The molecule has 0 spiro atoms. The Labute approximate surface area is 208 Å². The zero-order valence-corrected chi connectivity index (χ0v) is 19.9. The highest BCUT2D eigenvalue weighted by molar-refractivity contribution is 7.92. The number of nitrogens with one attached hydrogen (secondary N) is 1. The van der Waals surface area contributed by atoms with Crippen LogP contribution in [0.2, 0.25) is 10.2 Å². The van der Waals surface area contributed by atoms with Crippen molar-refractivity contribution in [1.82, 2.24) is 10.2 Å². The smallest absolute Gasteiger partial charge is 0.263 e. The molecule has 0 unspecified atom stereocenters. The van der Waals surface area contributed by atoms with Crippen molar-refractivity contribution in [3.05, 3.63) is 70.1 Å². The largest absolute Gasteiger partial charge is 0.359 e. The molecule has 180 valence electrons. The Kier molecular flexibility index (Phi) is 5.83. The average molecular weight is 526 g/mol. The molecule has 34 heavy (non-hydrogen) atoms. The van der Waals surface area contributed by atoms with Crippen LogP contribution >= 0.6 is 23.2 Å². The zero-order valence-electron chi connectivity index (χ0n) is 17.6. The molecule has 0 saturated carbocycles. The molecular formula is C22H22Cl2FN5O3S. The first-order valence-electron chi connectivity index (χ1n) is 10.4. The SMILES string of the molecule is O=C1[C@@H](N2CCc3c2ccc(F)c3Cl)CCN1c1ccc(S(=O)(=O)Nc2ccc(Cl)nn2)cc1.[HH].[HH]. The lowest BCUT2D eigenvalue weighted by Crippen LogP contribution is -2.41. The Morgan fingerprint density at radius 1 is 1.03 bits per heavy atom. The van der Waals surface area contributed by atoms with E-state index in [1.165, 1.54) is 30.3 Å². The molecule has 1 saturated heterocycles. The van der Waals surface area contributed by atoms with Crippen LogP contribution in [0.5, 0.6) is 0 Å². The van der Waals surface area contributed by atoms with Crippen molar-refractivity contribution in [2.45, 2.75) is 23.8 Å². The number of rotatable bonds is 5. The van der Waals surface area contributed by atoms with Crippen LogP contribution in [-0.4, -0.2) is 43.7 Å². The normalized spacial score (nSPS) is 17.9. The summed E-state index contributed by atoms with van der Waals surface area (Å²) in [4.78, 5) is 16.8. The first-order chi connectivity index (χ1) is 16.2. The van der Waals surface area contributed by atoms with Crippen LogP contribution in [0.1, 0.15) is 14.8 Å². The number of halogens is 3. The first-order valence-corrected chi connectivity index (χ1v) is 12.7. The zero-order chi connectivity index (χ0) is 24.0. The van der Waals surface area contributed by atoms with Gasteiger partial charge in [-0.05, 0) is 66.9 Å². The van der Waals surface area contributed by atoms with Gasteiger partial charge in [0.15, 0.2) is 11.0 Å². The second kappa shape index (κ2) is 8.68. The number of aromatic nitrogens is 2. The fourth-order valence-electron chi connectivity index (χ4n) is 4.35. The van der Waals surface area contributed by atoms with Crippen LogP contribution in [0, 0.1) is 5.82 Å². The Bertz CT molecular complexity index is 1380. The van der Waals surface area contributed by atoms with Gasteiger partial charge in [-0.25, -0.2) is 12.8 Å². The minimum Gasteiger partial charge on any atom is -0.359 e. The van der Waals surface area contributed by atoms with Crippen molar-refractivity contribution in [2.24, 2.45) is 0 Å². The number of anilines is 3. The Morgan fingerprint density at radius 3 is 2.50 bits per heavy atom. The maximum absolute atomic E-state index is 13.8. The summed E-state index contributed by atoms with van der Waals surface area (Å²) in [6.45, 7) is 1.06. The van der Waals surface area contributed by atoms with Crippen LogP contribution in [0.25, 0.3) is 0 Å². The van der Waals surface area contributed by atoms with E-state index in [1.54, 1.807) is 23.1 Å². The topological polar surface area (TPSA) is 95.5 Å². The molecule has 1 atom stereocenters. The van der Waals surface area contributed by atoms with Crippen molar-refractivity contribution in [1.29, 1.82) is 0 Å². The molecule has 12 heteroatoms. The standard InChI is InChI=1S/C22H18Cl2FN5O3S.2H2/c23-19-7-8-20(27-26-19)28-34(32,33)14-3-1-13(2-4-14)29-12-10-18(22(29)31)30-11-9-15-17(30)6-5-16(25)21(15)24;;/h1-8,18H,9-12H2,(H,27,28);2*1H/t18-;;/m0../s1. The first kappa shape index (κ1) is 22.8. The van der Waals surface area contributed by atoms with Gasteiger partial charge in [-0.3, -0.25) is 9.52 Å². The number of carbonyl (C=O) groups excluding carboxylic acids is 1. The lowest BCUT2D eigenvalue weighted by Gasteiger charge is -2.26. The van der Waals surface area contributed by atoms with Crippen LogP contribution in [0.4, 0.5) is 21.6 Å². The summed E-state index contributed by atoms with van der Waals surface area (Å²) >= 11 is 11.8. The molecule has 1 amide bonds. The summed E-state index contributed by atoms with van der Waals surface area (Å²) < 4.78 is 41.4. The molecule has 5 rings (SSSR count). The van der Waals surface area contributed by atoms with E-state index in [1.807, 2.05) is 4.90 Å². The number of fused-ring (bicyclic) bond motifs is 1. The van der Waals surface area contributed by atoms with Gasteiger partial charge in [0.2, 0.25) is 5.91 Å². The van der Waals surface area contributed by atoms with Crippen molar-refractivity contribution in [2.75, 3.05) is 27.6 Å². The monoisotopic (exact) mass is 525 g/mol. The van der Waals surface area contributed by atoms with Crippen LogP contribution in [-0.2, 0) is 21.2 Å². The van der Waals surface area contributed by atoms with E-state index < -0.39 is 21.9 Å². The third-order valence-corrected chi connectivity index (χ3v) is 7.95. The molecule has 1 aromatic heterocycles. The predicted molar refractivity (Wildman–Crippen MR) is 132 cm³/mol. The summed E-state index contributed by atoms with van der Waals surface area (Å²) in [5, 5.41) is 7.56. The van der Waals surface area contributed by atoms with Crippen molar-refractivity contribution >= 4 is 56.3 Å². The van der Waals surface area contributed by atoms with Gasteiger partial charge in [0.1, 0.15) is 11.9 Å². The minimum atomic E-state index is -3.90. The fourth-order valence-corrected chi connectivity index (χ4v) is 5.70. The third kappa shape index (κ3) is 4.06. The second-order valence-electron chi connectivity index (χ2n) is 7.94. The van der Waals surface area contributed by atoms with Gasteiger partial charge in [-0.15, -0.1) is 10.2 Å². The summed E-state index contributed by atoms with van der Waals surface area (Å²) in [7, 11) is -3.90. The number of sulfonamides is 1. The highest BCUT2D eigenvalue weighted by atomic mass is 35.5. The highest BCUT2D eigenvalue weighted by Crippen LogP contribution is 2.38. The molecule has 8 nitrogen and oxygen atoms in total. The van der Waals surface area contributed by atoms with Gasteiger partial charge in [0, 0.05) is 27.3 Å². The van der Waals surface area contributed by atoms with E-state index in [2.05, 4.69) is 14.9 Å². The summed E-state index contributed by atoms with van der Waals surface area (Å²) in [6, 6.07) is 11.5. The molecule has 0 aliphatic carbocycles. The van der Waals surface area contributed by atoms with Gasteiger partial charge in [-0.2, -0.15) is 0 Å². The van der Waals surface area contributed by atoms with Crippen molar-refractivity contribution in [3.63, 3.8) is 0 Å². The van der Waals surface area contributed by atoms with Gasteiger partial charge < -0.3 is 9.80 Å². The number of carbonyl (C=O) groups is 1. The molecule has 3 aromatic rings.